The lowest BCUT2D eigenvalue weighted by Crippen LogP contribution is -2.28. The van der Waals surface area contributed by atoms with Crippen LogP contribution in [0.4, 0.5) is 18.9 Å². The van der Waals surface area contributed by atoms with Crippen molar-refractivity contribution in [1.82, 2.24) is 5.32 Å². The lowest BCUT2D eigenvalue weighted by Gasteiger charge is -2.11. The van der Waals surface area contributed by atoms with Crippen LogP contribution in [0.5, 0.6) is 17.2 Å². The molecule has 0 aliphatic carbocycles. The first-order valence-corrected chi connectivity index (χ1v) is 9.33. The summed E-state index contributed by atoms with van der Waals surface area (Å²) in [5.74, 6) is 0.0874. The first kappa shape index (κ1) is 22.6. The number of hydrogen-bond donors (Lipinski definition) is 1. The van der Waals surface area contributed by atoms with Crippen LogP contribution >= 0.6 is 0 Å². The zero-order chi connectivity index (χ0) is 23.1. The number of amides is 1. The maximum atomic E-state index is 12.8. The molecule has 3 aromatic carbocycles. The summed E-state index contributed by atoms with van der Waals surface area (Å²) in [6, 6.07) is 16.7. The third-order valence-corrected chi connectivity index (χ3v) is 4.23. The molecule has 0 fully saturated rings. The second-order valence-electron chi connectivity index (χ2n) is 6.48. The maximum absolute atomic E-state index is 12.8. The Labute approximate surface area is 180 Å². The van der Waals surface area contributed by atoms with Gasteiger partial charge in [0.25, 0.3) is 5.91 Å². The zero-order valence-electron chi connectivity index (χ0n) is 16.5. The van der Waals surface area contributed by atoms with Crippen LogP contribution in [0.3, 0.4) is 0 Å². The first-order chi connectivity index (χ1) is 15.2. The van der Waals surface area contributed by atoms with Crippen LogP contribution in [0.25, 0.3) is 0 Å². The van der Waals surface area contributed by atoms with E-state index in [9.17, 15) is 28.1 Å². The Morgan fingerprint density at radius 3 is 2.28 bits per heavy atom. The third-order valence-electron chi connectivity index (χ3n) is 4.23. The summed E-state index contributed by atoms with van der Waals surface area (Å²) >= 11 is 0. The van der Waals surface area contributed by atoms with Crippen molar-refractivity contribution >= 4 is 11.6 Å². The SMILES string of the molecule is O=C(NCCOc1ccccc1)c1ccc(Oc2ccc(C(F)(F)F)cc2[N+](=O)[O-])cc1. The number of benzene rings is 3. The molecule has 1 N–H and O–H groups in total. The predicted octanol–water partition coefficient (Wildman–Crippen LogP) is 5.21. The molecule has 3 rings (SSSR count). The molecule has 0 radical (unpaired) electrons. The van der Waals surface area contributed by atoms with Crippen molar-refractivity contribution in [2.24, 2.45) is 0 Å². The molecular weight excluding hydrogens is 429 g/mol. The number of para-hydroxylation sites is 1. The summed E-state index contributed by atoms with van der Waals surface area (Å²) in [6.07, 6.45) is -4.72. The number of carbonyl (C=O) groups is 1. The highest BCUT2D eigenvalue weighted by molar-refractivity contribution is 5.94. The second kappa shape index (κ2) is 9.82. The molecule has 0 saturated heterocycles. The number of hydrogen-bond acceptors (Lipinski definition) is 5. The van der Waals surface area contributed by atoms with Crippen LogP contribution in [0.2, 0.25) is 0 Å². The molecule has 0 aromatic heterocycles. The molecule has 32 heavy (non-hydrogen) atoms. The Bertz CT molecular complexity index is 1090. The van der Waals surface area contributed by atoms with E-state index in [4.69, 9.17) is 9.47 Å². The van der Waals surface area contributed by atoms with Crippen molar-refractivity contribution in [2.75, 3.05) is 13.2 Å². The van der Waals surface area contributed by atoms with Crippen molar-refractivity contribution < 1.29 is 32.4 Å². The fourth-order valence-electron chi connectivity index (χ4n) is 2.68. The Kier molecular flexibility index (Phi) is 6.93. The number of nitrogens with one attached hydrogen (secondary N) is 1. The standard InChI is InChI=1S/C22H17F3N2O5/c23-22(24,25)16-8-11-20(19(14-16)27(29)30)32-18-9-6-15(7-10-18)21(28)26-12-13-31-17-4-2-1-3-5-17/h1-11,14H,12-13H2,(H,26,28). The summed E-state index contributed by atoms with van der Waals surface area (Å²) in [7, 11) is 0. The van der Waals surface area contributed by atoms with E-state index in [0.29, 0.717) is 23.4 Å². The van der Waals surface area contributed by atoms with E-state index in [-0.39, 0.29) is 30.6 Å². The molecule has 7 nitrogen and oxygen atoms in total. The summed E-state index contributed by atoms with van der Waals surface area (Å²) in [6.45, 7) is 0.540. The molecule has 0 unspecified atom stereocenters. The molecular formula is C22H17F3N2O5. The van der Waals surface area contributed by atoms with Crippen molar-refractivity contribution in [2.45, 2.75) is 6.18 Å². The summed E-state index contributed by atoms with van der Waals surface area (Å²) < 4.78 is 49.2. The van der Waals surface area contributed by atoms with Crippen molar-refractivity contribution in [3.8, 4) is 17.2 Å². The van der Waals surface area contributed by atoms with Gasteiger partial charge in [0.1, 0.15) is 18.1 Å². The van der Waals surface area contributed by atoms with E-state index in [1.54, 1.807) is 12.1 Å². The van der Waals surface area contributed by atoms with Gasteiger partial charge in [-0.05, 0) is 48.5 Å². The van der Waals surface area contributed by atoms with Crippen LogP contribution in [-0.2, 0) is 6.18 Å². The van der Waals surface area contributed by atoms with Gasteiger partial charge in [-0.2, -0.15) is 13.2 Å². The van der Waals surface area contributed by atoms with Gasteiger partial charge in [-0.15, -0.1) is 0 Å². The molecule has 0 spiro atoms. The molecule has 10 heteroatoms. The number of alkyl halides is 3. The number of nitrogens with zero attached hydrogens (tertiary/aromatic N) is 1. The summed E-state index contributed by atoms with van der Waals surface area (Å²) in [5, 5.41) is 13.8. The van der Waals surface area contributed by atoms with Crippen LogP contribution in [0.1, 0.15) is 15.9 Å². The number of nitro groups is 1. The number of carbonyl (C=O) groups excluding carboxylic acids is 1. The van der Waals surface area contributed by atoms with Gasteiger partial charge >= 0.3 is 11.9 Å². The van der Waals surface area contributed by atoms with Gasteiger partial charge in [-0.1, -0.05) is 18.2 Å². The largest absolute Gasteiger partial charge is 0.492 e. The number of nitro benzene ring substituents is 1. The molecule has 0 aliphatic rings. The quantitative estimate of drug-likeness (QED) is 0.291. The fraction of sp³-hybridized carbons (Fsp3) is 0.136. The lowest BCUT2D eigenvalue weighted by molar-refractivity contribution is -0.385. The topological polar surface area (TPSA) is 90.7 Å². The lowest BCUT2D eigenvalue weighted by atomic mass is 10.1. The van der Waals surface area contributed by atoms with Gasteiger partial charge in [0, 0.05) is 11.6 Å². The van der Waals surface area contributed by atoms with Crippen LogP contribution in [0.15, 0.2) is 72.8 Å². The van der Waals surface area contributed by atoms with Crippen LogP contribution in [-0.4, -0.2) is 24.0 Å². The Morgan fingerprint density at radius 1 is 0.969 bits per heavy atom. The first-order valence-electron chi connectivity index (χ1n) is 9.33. The van der Waals surface area contributed by atoms with Gasteiger partial charge in [-0.3, -0.25) is 14.9 Å². The van der Waals surface area contributed by atoms with Gasteiger partial charge in [0.2, 0.25) is 5.75 Å². The number of halogens is 3. The van der Waals surface area contributed by atoms with Crippen molar-refractivity contribution in [1.29, 1.82) is 0 Å². The molecule has 1 amide bonds. The second-order valence-corrected chi connectivity index (χ2v) is 6.48. The average Bonchev–Trinajstić information content (AvgIpc) is 2.77. The van der Waals surface area contributed by atoms with Gasteiger partial charge in [0.15, 0.2) is 0 Å². The van der Waals surface area contributed by atoms with Gasteiger partial charge < -0.3 is 14.8 Å². The highest BCUT2D eigenvalue weighted by Gasteiger charge is 2.33. The average molecular weight is 446 g/mol. The number of rotatable bonds is 8. The Morgan fingerprint density at radius 2 is 1.66 bits per heavy atom. The molecule has 0 aliphatic heterocycles. The minimum Gasteiger partial charge on any atom is -0.492 e. The van der Waals surface area contributed by atoms with Crippen LogP contribution < -0.4 is 14.8 Å². The van der Waals surface area contributed by atoms with E-state index in [0.717, 1.165) is 6.07 Å². The molecule has 0 bridgehead atoms. The van der Waals surface area contributed by atoms with E-state index in [1.165, 1.54) is 24.3 Å². The zero-order valence-corrected chi connectivity index (χ0v) is 16.5. The predicted molar refractivity (Wildman–Crippen MR) is 109 cm³/mol. The van der Waals surface area contributed by atoms with E-state index in [1.807, 2.05) is 18.2 Å². The molecule has 0 saturated carbocycles. The molecule has 166 valence electrons. The van der Waals surface area contributed by atoms with E-state index >= 15 is 0 Å². The Balaban J connectivity index is 1.59. The number of ether oxygens (including phenoxy) is 2. The third kappa shape index (κ3) is 5.97. The summed E-state index contributed by atoms with van der Waals surface area (Å²) in [5.41, 5.74) is -1.67. The monoisotopic (exact) mass is 446 g/mol. The van der Waals surface area contributed by atoms with Crippen molar-refractivity contribution in [3.63, 3.8) is 0 Å². The minimum atomic E-state index is -4.72. The Hall–Kier alpha value is -4.08. The summed E-state index contributed by atoms with van der Waals surface area (Å²) in [4.78, 5) is 22.4. The van der Waals surface area contributed by atoms with Crippen LogP contribution in [0, 0.1) is 10.1 Å². The van der Waals surface area contributed by atoms with E-state index in [2.05, 4.69) is 5.32 Å². The maximum Gasteiger partial charge on any atom is 0.416 e. The minimum absolute atomic E-state index is 0.122. The smallest absolute Gasteiger partial charge is 0.416 e. The normalized spacial score (nSPS) is 11.0. The van der Waals surface area contributed by atoms with E-state index < -0.39 is 22.4 Å². The molecule has 0 atom stereocenters. The van der Waals surface area contributed by atoms with Gasteiger partial charge in [-0.25, -0.2) is 0 Å². The molecule has 3 aromatic rings. The highest BCUT2D eigenvalue weighted by atomic mass is 19.4. The fourth-order valence-corrected chi connectivity index (χ4v) is 2.68. The highest BCUT2D eigenvalue weighted by Crippen LogP contribution is 2.37. The van der Waals surface area contributed by atoms with Crippen molar-refractivity contribution in [3.05, 3.63) is 94.0 Å². The van der Waals surface area contributed by atoms with Gasteiger partial charge in [0.05, 0.1) is 17.0 Å². The molecule has 0 heterocycles.